The molecule has 7 heteroatoms. The third-order valence-corrected chi connectivity index (χ3v) is 7.01. The molecule has 4 aromatic rings. The van der Waals surface area contributed by atoms with E-state index < -0.39 is 0 Å². The van der Waals surface area contributed by atoms with Crippen LogP contribution in [0.1, 0.15) is 24.0 Å². The summed E-state index contributed by atoms with van der Waals surface area (Å²) < 4.78 is 2.36. The summed E-state index contributed by atoms with van der Waals surface area (Å²) in [5.74, 6) is 0.635. The van der Waals surface area contributed by atoms with Gasteiger partial charge in [0.1, 0.15) is 4.70 Å². The smallest absolute Gasteiger partial charge is 0.277 e. The van der Waals surface area contributed by atoms with E-state index in [-0.39, 0.29) is 17.4 Å². The van der Waals surface area contributed by atoms with E-state index in [0.717, 1.165) is 28.0 Å². The number of anilines is 2. The molecule has 2 aromatic heterocycles. The first-order valence-corrected chi connectivity index (χ1v) is 12.1. The molecule has 1 amide bonds. The van der Waals surface area contributed by atoms with Crippen molar-refractivity contribution in [1.29, 1.82) is 0 Å². The minimum absolute atomic E-state index is 0.0501. The Morgan fingerprint density at radius 3 is 2.42 bits per heavy atom. The van der Waals surface area contributed by atoms with Gasteiger partial charge in [0.2, 0.25) is 11.9 Å². The number of rotatable bonds is 4. The number of amides is 1. The second kappa shape index (κ2) is 8.83. The molecule has 0 radical (unpaired) electrons. The first kappa shape index (κ1) is 21.4. The Balaban J connectivity index is 1.38. The predicted octanol–water partition coefficient (Wildman–Crippen LogP) is 4.92. The standard InChI is InChI=1S/C26H26N4O2S/c1-17-14-18(2)16-20(15-17)27-24(31)19-8-11-29(12-9-19)26-28-22-10-13-33-23(22)25(32)30(26)21-6-4-3-5-7-21/h3-7,10,13-16,19H,8-9,11-12H2,1-2H3,(H,27,31). The zero-order valence-electron chi connectivity index (χ0n) is 18.7. The Morgan fingerprint density at radius 2 is 1.73 bits per heavy atom. The highest BCUT2D eigenvalue weighted by atomic mass is 32.1. The van der Waals surface area contributed by atoms with E-state index in [9.17, 15) is 9.59 Å². The molecule has 0 unspecified atom stereocenters. The van der Waals surface area contributed by atoms with Crippen LogP contribution in [0.3, 0.4) is 0 Å². The van der Waals surface area contributed by atoms with E-state index >= 15 is 0 Å². The maximum Gasteiger partial charge on any atom is 0.277 e. The lowest BCUT2D eigenvalue weighted by atomic mass is 9.96. The first-order valence-electron chi connectivity index (χ1n) is 11.2. The molecule has 1 fully saturated rings. The topological polar surface area (TPSA) is 67.2 Å². The number of hydrogen-bond acceptors (Lipinski definition) is 5. The van der Waals surface area contributed by atoms with Crippen molar-refractivity contribution in [3.63, 3.8) is 0 Å². The van der Waals surface area contributed by atoms with E-state index in [1.165, 1.54) is 11.3 Å². The molecule has 0 aliphatic carbocycles. The second-order valence-electron chi connectivity index (χ2n) is 8.65. The number of aryl methyl sites for hydroxylation is 2. The Labute approximate surface area is 196 Å². The highest BCUT2D eigenvalue weighted by Crippen LogP contribution is 2.27. The molecule has 5 rings (SSSR count). The summed E-state index contributed by atoms with van der Waals surface area (Å²) in [7, 11) is 0. The average molecular weight is 459 g/mol. The number of benzene rings is 2. The molecule has 0 bridgehead atoms. The zero-order valence-corrected chi connectivity index (χ0v) is 19.6. The zero-order chi connectivity index (χ0) is 22.9. The monoisotopic (exact) mass is 458 g/mol. The highest BCUT2D eigenvalue weighted by molar-refractivity contribution is 7.17. The minimum atomic E-state index is -0.0659. The van der Waals surface area contributed by atoms with Crippen LogP contribution in [0.25, 0.3) is 15.9 Å². The quantitative estimate of drug-likeness (QED) is 0.471. The molecule has 1 N–H and O–H groups in total. The molecule has 168 valence electrons. The van der Waals surface area contributed by atoms with Crippen molar-refractivity contribution in [2.45, 2.75) is 26.7 Å². The largest absolute Gasteiger partial charge is 0.342 e. The molecular formula is C26H26N4O2S. The summed E-state index contributed by atoms with van der Waals surface area (Å²) in [6.45, 7) is 5.40. The van der Waals surface area contributed by atoms with E-state index in [4.69, 9.17) is 4.98 Å². The molecule has 1 saturated heterocycles. The summed E-state index contributed by atoms with van der Waals surface area (Å²) in [6.07, 6.45) is 1.42. The number of para-hydroxylation sites is 1. The summed E-state index contributed by atoms with van der Waals surface area (Å²) in [5.41, 5.74) is 4.59. The van der Waals surface area contributed by atoms with Gasteiger partial charge in [0.25, 0.3) is 5.56 Å². The molecule has 3 heterocycles. The van der Waals surface area contributed by atoms with Crippen LogP contribution in [0.4, 0.5) is 11.6 Å². The number of nitrogens with one attached hydrogen (secondary N) is 1. The first-order chi connectivity index (χ1) is 16.0. The van der Waals surface area contributed by atoms with Gasteiger partial charge in [-0.15, -0.1) is 11.3 Å². The molecular weight excluding hydrogens is 432 g/mol. The summed E-state index contributed by atoms with van der Waals surface area (Å²) in [4.78, 5) is 33.2. The molecule has 2 aromatic carbocycles. The number of fused-ring (bicyclic) bond motifs is 1. The maximum atomic E-state index is 13.3. The fourth-order valence-corrected chi connectivity index (χ4v) is 5.32. The normalized spacial score (nSPS) is 14.5. The van der Waals surface area contributed by atoms with Crippen LogP contribution in [-0.4, -0.2) is 28.5 Å². The van der Waals surface area contributed by atoms with Crippen LogP contribution in [0.2, 0.25) is 0 Å². The van der Waals surface area contributed by atoms with Gasteiger partial charge in [0.05, 0.1) is 11.2 Å². The molecule has 0 saturated carbocycles. The van der Waals surface area contributed by atoms with Crippen LogP contribution in [0.15, 0.2) is 64.8 Å². The lowest BCUT2D eigenvalue weighted by Gasteiger charge is -2.33. The van der Waals surface area contributed by atoms with Gasteiger partial charge in [-0.25, -0.2) is 9.55 Å². The van der Waals surface area contributed by atoms with Crippen molar-refractivity contribution in [3.05, 3.63) is 81.5 Å². The number of carbonyl (C=O) groups excluding carboxylic acids is 1. The van der Waals surface area contributed by atoms with Gasteiger partial charge in [-0.1, -0.05) is 24.3 Å². The lowest BCUT2D eigenvalue weighted by molar-refractivity contribution is -0.120. The molecule has 6 nitrogen and oxygen atoms in total. The van der Waals surface area contributed by atoms with Crippen LogP contribution in [0, 0.1) is 19.8 Å². The van der Waals surface area contributed by atoms with Crippen molar-refractivity contribution in [3.8, 4) is 5.69 Å². The number of nitrogens with zero attached hydrogens (tertiary/aromatic N) is 3. The van der Waals surface area contributed by atoms with Crippen LogP contribution < -0.4 is 15.8 Å². The second-order valence-corrected chi connectivity index (χ2v) is 9.57. The Kier molecular flexibility index (Phi) is 5.72. The lowest BCUT2D eigenvalue weighted by Crippen LogP contribution is -2.41. The van der Waals surface area contributed by atoms with Crippen LogP contribution >= 0.6 is 11.3 Å². The van der Waals surface area contributed by atoms with Gasteiger partial charge in [-0.2, -0.15) is 0 Å². The number of aromatic nitrogens is 2. The van der Waals surface area contributed by atoms with Gasteiger partial charge in [0, 0.05) is 24.7 Å². The molecule has 0 spiro atoms. The predicted molar refractivity (Wildman–Crippen MR) is 135 cm³/mol. The Morgan fingerprint density at radius 1 is 1.03 bits per heavy atom. The average Bonchev–Trinajstić information content (AvgIpc) is 3.28. The number of hydrogen-bond donors (Lipinski definition) is 1. The van der Waals surface area contributed by atoms with Crippen molar-refractivity contribution >= 4 is 39.1 Å². The molecule has 0 atom stereocenters. The minimum Gasteiger partial charge on any atom is -0.342 e. The Hall–Kier alpha value is -3.45. The van der Waals surface area contributed by atoms with Gasteiger partial charge in [-0.05, 0) is 73.5 Å². The third-order valence-electron chi connectivity index (χ3n) is 6.11. The maximum absolute atomic E-state index is 13.3. The van der Waals surface area contributed by atoms with E-state index in [0.29, 0.717) is 36.6 Å². The van der Waals surface area contributed by atoms with Crippen molar-refractivity contribution in [2.24, 2.45) is 5.92 Å². The fourth-order valence-electron chi connectivity index (χ4n) is 4.56. The number of thiophene rings is 1. The molecule has 1 aliphatic rings. The summed E-state index contributed by atoms with van der Waals surface area (Å²) in [5, 5.41) is 4.99. The highest BCUT2D eigenvalue weighted by Gasteiger charge is 2.28. The van der Waals surface area contributed by atoms with Gasteiger partial charge in [-0.3, -0.25) is 9.59 Å². The number of piperidine rings is 1. The van der Waals surface area contributed by atoms with Gasteiger partial charge < -0.3 is 10.2 Å². The molecule has 1 aliphatic heterocycles. The van der Waals surface area contributed by atoms with Crippen LogP contribution in [0.5, 0.6) is 0 Å². The van der Waals surface area contributed by atoms with Crippen molar-refractivity contribution in [1.82, 2.24) is 9.55 Å². The Bertz CT molecular complexity index is 1350. The van der Waals surface area contributed by atoms with Gasteiger partial charge in [0.15, 0.2) is 0 Å². The van der Waals surface area contributed by atoms with Crippen LogP contribution in [-0.2, 0) is 4.79 Å². The third kappa shape index (κ3) is 4.28. The van der Waals surface area contributed by atoms with E-state index in [1.54, 1.807) is 4.57 Å². The summed E-state index contributed by atoms with van der Waals surface area (Å²) in [6, 6.07) is 17.6. The fraction of sp³-hybridized carbons (Fsp3) is 0.269. The van der Waals surface area contributed by atoms with Gasteiger partial charge >= 0.3 is 0 Å². The van der Waals surface area contributed by atoms with E-state index in [2.05, 4.69) is 16.3 Å². The number of carbonyl (C=O) groups is 1. The SMILES string of the molecule is Cc1cc(C)cc(NC(=O)C2CCN(c3nc4ccsc4c(=O)n3-c3ccccc3)CC2)c1. The van der Waals surface area contributed by atoms with E-state index in [1.807, 2.05) is 67.8 Å². The molecule has 33 heavy (non-hydrogen) atoms. The van der Waals surface area contributed by atoms with Crippen molar-refractivity contribution < 1.29 is 4.79 Å². The van der Waals surface area contributed by atoms with Crippen molar-refractivity contribution in [2.75, 3.05) is 23.3 Å². The summed E-state index contributed by atoms with van der Waals surface area (Å²) >= 11 is 1.42.